The minimum atomic E-state index is -2.16. The molecule has 10 nitrogen and oxygen atoms in total. The molecule has 0 aliphatic carbocycles. The largest absolute Gasteiger partial charge is 0.461 e. The van der Waals surface area contributed by atoms with Crippen molar-refractivity contribution in [1.29, 1.82) is 0 Å². The molecule has 3 aromatic rings. The maximum Gasteiger partial charge on any atom is 0.251 e. The van der Waals surface area contributed by atoms with Gasteiger partial charge in [-0.1, -0.05) is 48.5 Å². The summed E-state index contributed by atoms with van der Waals surface area (Å²) in [5.74, 6) is 0.160. The van der Waals surface area contributed by atoms with Crippen LogP contribution in [0.2, 0.25) is 0 Å². The van der Waals surface area contributed by atoms with Crippen LogP contribution in [0.3, 0.4) is 0 Å². The second kappa shape index (κ2) is 14.0. The molecule has 5 N–H and O–H groups in total. The summed E-state index contributed by atoms with van der Waals surface area (Å²) in [5.41, 5.74) is 1.73. The second-order valence-corrected chi connectivity index (χ2v) is 9.96. The van der Waals surface area contributed by atoms with Crippen molar-refractivity contribution in [2.24, 2.45) is 0 Å². The van der Waals surface area contributed by atoms with Gasteiger partial charge in [-0.25, -0.2) is 0 Å². The lowest BCUT2D eigenvalue weighted by atomic mass is 9.87. The van der Waals surface area contributed by atoms with E-state index in [1.54, 1.807) is 44.3 Å². The average molecular weight is 568 g/mol. The fraction of sp³-hybridized carbons (Fsp3) is 0.387. The molecule has 0 aromatic heterocycles. The molecule has 4 rings (SSSR count). The number of aryl methyl sites for hydroxylation is 1. The van der Waals surface area contributed by atoms with Gasteiger partial charge in [-0.15, -0.1) is 0 Å². The van der Waals surface area contributed by atoms with Crippen molar-refractivity contribution in [3.8, 4) is 16.9 Å². The molecule has 0 bridgehead atoms. The quantitative estimate of drug-likeness (QED) is 0.207. The Bertz CT molecular complexity index is 1290. The number of amides is 1. The molecule has 3 aromatic carbocycles. The fourth-order valence-electron chi connectivity index (χ4n) is 4.61. The molecule has 1 amide bonds. The van der Waals surface area contributed by atoms with Crippen LogP contribution in [0.15, 0.2) is 72.8 Å². The Balaban J connectivity index is 1.45. The number of carbonyl (C=O) groups is 1. The smallest absolute Gasteiger partial charge is 0.251 e. The van der Waals surface area contributed by atoms with Crippen molar-refractivity contribution in [3.05, 3.63) is 89.5 Å². The Kier molecular flexibility index (Phi) is 10.5. The van der Waals surface area contributed by atoms with Gasteiger partial charge in [-0.2, -0.15) is 0 Å². The van der Waals surface area contributed by atoms with Crippen LogP contribution in [-0.2, 0) is 20.8 Å². The van der Waals surface area contributed by atoms with Gasteiger partial charge in [0.25, 0.3) is 5.91 Å². The number of ether oxygens (including phenoxy) is 4. The van der Waals surface area contributed by atoms with E-state index in [2.05, 4.69) is 5.32 Å². The van der Waals surface area contributed by atoms with E-state index < -0.39 is 43.4 Å². The number of nitrogens with one attached hydrogen (secondary N) is 1. The third-order valence-electron chi connectivity index (χ3n) is 7.01. The summed E-state index contributed by atoms with van der Waals surface area (Å²) in [6.45, 7) is 1.52. The SMILES string of the molecule is CNC(=O)c1cccc(-c2ccc(OC3OC(CO)C(O)C(O)C3(O)COCCOCc3ccccc3)c(C)c2)c1. The van der Waals surface area contributed by atoms with Gasteiger partial charge in [0.05, 0.1) is 33.0 Å². The summed E-state index contributed by atoms with van der Waals surface area (Å²) in [7, 11) is 1.57. The highest BCUT2D eigenvalue weighted by Crippen LogP contribution is 2.34. The van der Waals surface area contributed by atoms with Crippen LogP contribution >= 0.6 is 0 Å². The molecule has 0 spiro atoms. The van der Waals surface area contributed by atoms with Crippen molar-refractivity contribution in [2.75, 3.05) is 33.5 Å². The van der Waals surface area contributed by atoms with Crippen molar-refractivity contribution in [2.45, 2.75) is 43.7 Å². The summed E-state index contributed by atoms with van der Waals surface area (Å²) in [5, 5.41) is 45.1. The number of hydrogen-bond acceptors (Lipinski definition) is 9. The monoisotopic (exact) mass is 567 g/mol. The van der Waals surface area contributed by atoms with E-state index in [0.29, 0.717) is 23.5 Å². The van der Waals surface area contributed by atoms with E-state index in [0.717, 1.165) is 16.7 Å². The van der Waals surface area contributed by atoms with Gasteiger partial charge < -0.3 is 44.7 Å². The summed E-state index contributed by atoms with van der Waals surface area (Å²) >= 11 is 0. The second-order valence-electron chi connectivity index (χ2n) is 9.96. The van der Waals surface area contributed by atoms with E-state index in [4.69, 9.17) is 18.9 Å². The Hall–Kier alpha value is -3.35. The predicted octanol–water partition coefficient (Wildman–Crippen LogP) is 1.80. The molecule has 1 fully saturated rings. The maximum absolute atomic E-state index is 12.0. The number of hydrogen-bond donors (Lipinski definition) is 5. The lowest BCUT2D eigenvalue weighted by Gasteiger charge is -2.47. The van der Waals surface area contributed by atoms with E-state index in [9.17, 15) is 25.2 Å². The van der Waals surface area contributed by atoms with Crippen LogP contribution in [0.4, 0.5) is 0 Å². The first-order valence-electron chi connectivity index (χ1n) is 13.4. The van der Waals surface area contributed by atoms with Crippen LogP contribution in [0.1, 0.15) is 21.5 Å². The van der Waals surface area contributed by atoms with E-state index in [1.165, 1.54) is 0 Å². The van der Waals surface area contributed by atoms with Gasteiger partial charge in [0.2, 0.25) is 6.29 Å². The molecule has 1 aliphatic rings. The van der Waals surface area contributed by atoms with Crippen LogP contribution in [-0.4, -0.2) is 90.0 Å². The third-order valence-corrected chi connectivity index (χ3v) is 7.01. The Labute approximate surface area is 239 Å². The number of rotatable bonds is 12. The van der Waals surface area contributed by atoms with Crippen LogP contribution in [0.25, 0.3) is 11.1 Å². The maximum atomic E-state index is 12.0. The molecule has 1 saturated heterocycles. The summed E-state index contributed by atoms with van der Waals surface area (Å²) in [4.78, 5) is 12.0. The minimum Gasteiger partial charge on any atom is -0.461 e. The normalized spacial score (nSPS) is 24.1. The zero-order valence-corrected chi connectivity index (χ0v) is 23.1. The zero-order valence-electron chi connectivity index (χ0n) is 23.1. The van der Waals surface area contributed by atoms with Gasteiger partial charge >= 0.3 is 0 Å². The highest BCUT2D eigenvalue weighted by molar-refractivity contribution is 5.95. The summed E-state index contributed by atoms with van der Waals surface area (Å²) in [6, 6.07) is 22.2. The molecule has 1 heterocycles. The number of aliphatic hydroxyl groups is 4. The van der Waals surface area contributed by atoms with Gasteiger partial charge in [0, 0.05) is 12.6 Å². The third kappa shape index (κ3) is 7.30. The van der Waals surface area contributed by atoms with Crippen LogP contribution in [0.5, 0.6) is 5.75 Å². The van der Waals surface area contributed by atoms with Crippen molar-refractivity contribution < 1.29 is 44.2 Å². The lowest BCUT2D eigenvalue weighted by molar-refractivity contribution is -0.330. The Morgan fingerprint density at radius 2 is 1.71 bits per heavy atom. The molecule has 5 unspecified atom stereocenters. The lowest BCUT2D eigenvalue weighted by Crippen LogP contribution is -2.69. The van der Waals surface area contributed by atoms with Gasteiger partial charge in [-0.05, 0) is 53.4 Å². The molecule has 1 aliphatic heterocycles. The highest BCUT2D eigenvalue weighted by Gasteiger charge is 2.56. The van der Waals surface area contributed by atoms with Crippen molar-refractivity contribution >= 4 is 5.91 Å². The van der Waals surface area contributed by atoms with Gasteiger partial charge in [0.1, 0.15) is 24.1 Å². The first kappa shape index (κ1) is 30.6. The molecular weight excluding hydrogens is 530 g/mol. The molecule has 0 radical (unpaired) electrons. The zero-order chi connectivity index (χ0) is 29.4. The Morgan fingerprint density at radius 1 is 0.976 bits per heavy atom. The van der Waals surface area contributed by atoms with E-state index >= 15 is 0 Å². The molecular formula is C31H37NO9. The molecule has 10 heteroatoms. The highest BCUT2D eigenvalue weighted by atomic mass is 16.7. The van der Waals surface area contributed by atoms with Crippen LogP contribution in [0, 0.1) is 6.92 Å². The van der Waals surface area contributed by atoms with Gasteiger partial charge in [-0.3, -0.25) is 4.79 Å². The molecule has 0 saturated carbocycles. The summed E-state index contributed by atoms with van der Waals surface area (Å²) < 4.78 is 23.0. The molecule has 41 heavy (non-hydrogen) atoms. The molecule has 220 valence electrons. The fourth-order valence-corrected chi connectivity index (χ4v) is 4.61. The first-order valence-corrected chi connectivity index (χ1v) is 13.4. The van der Waals surface area contributed by atoms with Crippen LogP contribution < -0.4 is 10.1 Å². The topological polar surface area (TPSA) is 147 Å². The van der Waals surface area contributed by atoms with Crippen molar-refractivity contribution in [3.63, 3.8) is 0 Å². The van der Waals surface area contributed by atoms with Gasteiger partial charge in [0.15, 0.2) is 5.60 Å². The average Bonchev–Trinajstić information content (AvgIpc) is 3.00. The predicted molar refractivity (Wildman–Crippen MR) is 150 cm³/mol. The minimum absolute atomic E-state index is 0.108. The van der Waals surface area contributed by atoms with Crippen molar-refractivity contribution in [1.82, 2.24) is 5.32 Å². The number of carbonyl (C=O) groups excluding carboxylic acids is 1. The number of benzene rings is 3. The number of aliphatic hydroxyl groups excluding tert-OH is 3. The van der Waals surface area contributed by atoms with E-state index in [1.807, 2.05) is 42.5 Å². The summed E-state index contributed by atoms with van der Waals surface area (Å²) in [6.07, 6.45) is -5.95. The Morgan fingerprint density at radius 3 is 2.41 bits per heavy atom. The molecule has 5 atom stereocenters. The standard InChI is InChI=1S/C31H37NO9/c1-20-15-23(22-9-6-10-24(16-22)29(36)32-2)11-12-25(20)40-30-31(37,28(35)27(34)26(17-33)41-30)19-39-14-13-38-18-21-7-4-3-5-8-21/h3-12,15-16,26-28,30,33-35,37H,13-14,17-19H2,1-2H3,(H,32,36). The van der Waals surface area contributed by atoms with E-state index in [-0.39, 0.29) is 19.1 Å². The first-order chi connectivity index (χ1) is 19.8.